The quantitative estimate of drug-likeness (QED) is 0.676. The molecule has 0 aliphatic carbocycles. The molecule has 0 saturated heterocycles. The molecule has 4 heteroatoms. The second kappa shape index (κ2) is 5.20. The topological polar surface area (TPSA) is 34.1 Å². The van der Waals surface area contributed by atoms with E-state index in [0.29, 0.717) is 24.7 Å². The van der Waals surface area contributed by atoms with Gasteiger partial charge in [-0.15, -0.1) is 0 Å². The Kier molecular flexibility index (Phi) is 5.30. The third-order valence-electron chi connectivity index (χ3n) is 1.87. The monoisotopic (exact) mass is 226 g/mol. The van der Waals surface area contributed by atoms with Crippen LogP contribution in [0.4, 0.5) is 0 Å². The molecule has 0 radical (unpaired) electrons. The van der Waals surface area contributed by atoms with Crippen molar-refractivity contribution in [2.24, 2.45) is 11.8 Å². The van der Waals surface area contributed by atoms with Crippen LogP contribution in [0, 0.1) is 11.8 Å². The maximum atomic E-state index is 11.2. The van der Waals surface area contributed by atoms with Gasteiger partial charge in [0.15, 0.2) is 0 Å². The average Bonchev–Trinajstić information content (AvgIpc) is 1.81. The molecule has 0 saturated carbocycles. The first-order valence-electron chi connectivity index (χ1n) is 4.67. The minimum Gasteiger partial charge on any atom is -0.212 e. The SMILES string of the molecule is CC(C)CC(CC(C)C)S(=O)(=O)Cl. The first-order chi connectivity index (χ1) is 5.73. The average molecular weight is 227 g/mol. The summed E-state index contributed by atoms with van der Waals surface area (Å²) in [5.41, 5.74) is 0. The maximum Gasteiger partial charge on any atom is 0.235 e. The summed E-state index contributed by atoms with van der Waals surface area (Å²) in [6.07, 6.45) is 1.31. The predicted octanol–water partition coefficient (Wildman–Crippen LogP) is 3.02. The van der Waals surface area contributed by atoms with E-state index in [1.54, 1.807) is 0 Å². The molecular formula is C9H19ClO2S. The van der Waals surface area contributed by atoms with Gasteiger partial charge in [0.2, 0.25) is 9.05 Å². The lowest BCUT2D eigenvalue weighted by Crippen LogP contribution is -2.20. The highest BCUT2D eigenvalue weighted by Crippen LogP contribution is 2.22. The number of hydrogen-bond donors (Lipinski definition) is 0. The van der Waals surface area contributed by atoms with Crippen LogP contribution in [0.15, 0.2) is 0 Å². The highest BCUT2D eigenvalue weighted by atomic mass is 35.7. The molecule has 0 aliphatic heterocycles. The minimum atomic E-state index is -3.38. The molecule has 80 valence electrons. The molecule has 2 nitrogen and oxygen atoms in total. The molecular weight excluding hydrogens is 208 g/mol. The van der Waals surface area contributed by atoms with Crippen LogP contribution >= 0.6 is 10.7 Å². The van der Waals surface area contributed by atoms with Crippen molar-refractivity contribution in [3.63, 3.8) is 0 Å². The minimum absolute atomic E-state index is 0.372. The second-order valence-corrected chi connectivity index (χ2v) is 7.26. The number of rotatable bonds is 5. The summed E-state index contributed by atoms with van der Waals surface area (Å²) in [5.74, 6) is 0.745. The molecule has 0 fully saturated rings. The van der Waals surface area contributed by atoms with E-state index < -0.39 is 9.05 Å². The van der Waals surface area contributed by atoms with Gasteiger partial charge in [-0.1, -0.05) is 27.7 Å². The van der Waals surface area contributed by atoms with E-state index in [0.717, 1.165) is 0 Å². The summed E-state index contributed by atoms with van der Waals surface area (Å²) in [6.45, 7) is 8.04. The summed E-state index contributed by atoms with van der Waals surface area (Å²) in [4.78, 5) is 0. The van der Waals surface area contributed by atoms with E-state index >= 15 is 0 Å². The highest BCUT2D eigenvalue weighted by molar-refractivity contribution is 8.14. The largest absolute Gasteiger partial charge is 0.235 e. The maximum absolute atomic E-state index is 11.2. The number of hydrogen-bond acceptors (Lipinski definition) is 2. The van der Waals surface area contributed by atoms with Crippen molar-refractivity contribution in [1.82, 2.24) is 0 Å². The zero-order valence-corrected chi connectivity index (χ0v) is 10.3. The van der Waals surface area contributed by atoms with E-state index in [1.165, 1.54) is 0 Å². The van der Waals surface area contributed by atoms with Gasteiger partial charge in [-0.25, -0.2) is 8.42 Å². The van der Waals surface area contributed by atoms with Crippen LogP contribution in [0.2, 0.25) is 0 Å². The molecule has 0 spiro atoms. The van der Waals surface area contributed by atoms with Crippen LogP contribution in [0.3, 0.4) is 0 Å². The zero-order valence-electron chi connectivity index (χ0n) is 8.75. The predicted molar refractivity (Wildman–Crippen MR) is 57.5 cm³/mol. The molecule has 0 aromatic carbocycles. The van der Waals surface area contributed by atoms with Crippen LogP contribution in [0.5, 0.6) is 0 Å². The van der Waals surface area contributed by atoms with E-state index in [2.05, 4.69) is 0 Å². The third-order valence-corrected chi connectivity index (χ3v) is 3.80. The summed E-state index contributed by atoms with van der Waals surface area (Å²) < 4.78 is 22.3. The highest BCUT2D eigenvalue weighted by Gasteiger charge is 2.24. The molecule has 13 heavy (non-hydrogen) atoms. The lowest BCUT2D eigenvalue weighted by atomic mass is 10.0. The Hall–Kier alpha value is 0.240. The lowest BCUT2D eigenvalue weighted by molar-refractivity contribution is 0.470. The molecule has 0 rings (SSSR count). The van der Waals surface area contributed by atoms with Gasteiger partial charge >= 0.3 is 0 Å². The van der Waals surface area contributed by atoms with Crippen molar-refractivity contribution in [2.75, 3.05) is 0 Å². The Morgan fingerprint density at radius 2 is 1.31 bits per heavy atom. The van der Waals surface area contributed by atoms with Gasteiger partial charge in [0.1, 0.15) is 0 Å². The van der Waals surface area contributed by atoms with Crippen molar-refractivity contribution < 1.29 is 8.42 Å². The summed E-state index contributed by atoms with van der Waals surface area (Å²) >= 11 is 0. The van der Waals surface area contributed by atoms with Gasteiger partial charge in [-0.2, -0.15) is 0 Å². The zero-order chi connectivity index (χ0) is 10.6. The van der Waals surface area contributed by atoms with E-state index in [1.807, 2.05) is 27.7 Å². The second-order valence-electron chi connectivity index (χ2n) is 4.36. The van der Waals surface area contributed by atoms with Gasteiger partial charge in [0, 0.05) is 10.7 Å². The van der Waals surface area contributed by atoms with Crippen LogP contribution in [-0.2, 0) is 9.05 Å². The van der Waals surface area contributed by atoms with Crippen LogP contribution < -0.4 is 0 Å². The molecule has 0 aliphatic rings. The van der Waals surface area contributed by atoms with E-state index in [4.69, 9.17) is 10.7 Å². The summed E-state index contributed by atoms with van der Waals surface area (Å²) in [5, 5.41) is -0.380. The summed E-state index contributed by atoms with van der Waals surface area (Å²) in [7, 11) is 1.98. The van der Waals surface area contributed by atoms with Gasteiger partial charge in [0.05, 0.1) is 5.25 Å². The van der Waals surface area contributed by atoms with Crippen molar-refractivity contribution in [3.05, 3.63) is 0 Å². The molecule has 0 aromatic heterocycles. The fourth-order valence-electron chi connectivity index (χ4n) is 1.38. The molecule has 0 bridgehead atoms. The Morgan fingerprint density at radius 1 is 1.00 bits per heavy atom. The standard InChI is InChI=1S/C9H19ClO2S/c1-7(2)5-9(6-8(3)4)13(10,11)12/h7-9H,5-6H2,1-4H3. The van der Waals surface area contributed by atoms with Crippen molar-refractivity contribution in [1.29, 1.82) is 0 Å². The van der Waals surface area contributed by atoms with E-state index in [-0.39, 0.29) is 5.25 Å². The Labute approximate surface area is 86.1 Å². The molecule has 0 amide bonds. The lowest BCUT2D eigenvalue weighted by Gasteiger charge is -2.17. The molecule has 0 heterocycles. The normalized spacial score (nSPS) is 13.2. The van der Waals surface area contributed by atoms with Gasteiger partial charge in [-0.05, 0) is 24.7 Å². The fourth-order valence-corrected chi connectivity index (χ4v) is 3.04. The van der Waals surface area contributed by atoms with Crippen molar-refractivity contribution >= 4 is 19.7 Å². The van der Waals surface area contributed by atoms with Crippen molar-refractivity contribution in [2.45, 2.75) is 45.8 Å². The molecule has 0 unspecified atom stereocenters. The van der Waals surface area contributed by atoms with Gasteiger partial charge in [-0.3, -0.25) is 0 Å². The molecule has 0 N–H and O–H groups in total. The third kappa shape index (κ3) is 6.33. The van der Waals surface area contributed by atoms with Crippen LogP contribution in [-0.4, -0.2) is 13.7 Å². The van der Waals surface area contributed by atoms with Gasteiger partial charge < -0.3 is 0 Å². The Balaban J connectivity index is 4.39. The Bertz CT molecular complexity index is 222. The first kappa shape index (κ1) is 13.2. The van der Waals surface area contributed by atoms with Gasteiger partial charge in [0.25, 0.3) is 0 Å². The fraction of sp³-hybridized carbons (Fsp3) is 1.00. The van der Waals surface area contributed by atoms with Crippen molar-refractivity contribution in [3.8, 4) is 0 Å². The molecule has 0 aromatic rings. The van der Waals surface area contributed by atoms with E-state index in [9.17, 15) is 8.42 Å². The van der Waals surface area contributed by atoms with Crippen LogP contribution in [0.1, 0.15) is 40.5 Å². The smallest absolute Gasteiger partial charge is 0.212 e. The van der Waals surface area contributed by atoms with Crippen LogP contribution in [0.25, 0.3) is 0 Å². The first-order valence-corrected chi connectivity index (χ1v) is 7.04. The Morgan fingerprint density at radius 3 is 1.46 bits per heavy atom. The molecule has 0 atom stereocenters. The number of halogens is 1. The summed E-state index contributed by atoms with van der Waals surface area (Å²) in [6, 6.07) is 0.